The summed E-state index contributed by atoms with van der Waals surface area (Å²) in [6, 6.07) is 3.82. The van der Waals surface area contributed by atoms with Crippen LogP contribution in [0.2, 0.25) is 5.02 Å². The molecule has 25 heavy (non-hydrogen) atoms. The number of rotatable bonds is 3. The normalized spacial score (nSPS) is 16.9. The fraction of sp³-hybridized carbons (Fsp3) is 0.357. The first-order valence-corrected chi connectivity index (χ1v) is 9.27. The lowest BCUT2D eigenvalue weighted by atomic mass is 10.1. The van der Waals surface area contributed by atoms with Crippen LogP contribution in [0.4, 0.5) is 0 Å². The minimum Gasteiger partial charge on any atom is -0.393 e. The second-order valence-electron chi connectivity index (χ2n) is 5.60. The maximum absolute atomic E-state index is 12.7. The van der Waals surface area contributed by atoms with Gasteiger partial charge in [0.2, 0.25) is 10.0 Å². The molecule has 2 aromatic rings. The minimum absolute atomic E-state index is 0.105. The van der Waals surface area contributed by atoms with Gasteiger partial charge in [-0.3, -0.25) is 4.79 Å². The Balaban J connectivity index is 2.00. The topological polar surface area (TPSA) is 125 Å². The van der Waals surface area contributed by atoms with Crippen molar-refractivity contribution in [3.05, 3.63) is 50.3 Å². The standard InChI is InChI=1S/C14H15ClN4O5S/c15-11-7-9(19-13(21)8-16-17-14(19)22)1-2-12(11)25(23,24)18-5-3-10(20)4-6-18/h1-2,7-8,10,20H,3-6H2,(H,17,22). The van der Waals surface area contributed by atoms with E-state index in [-0.39, 0.29) is 28.7 Å². The Morgan fingerprint density at radius 3 is 2.52 bits per heavy atom. The fourth-order valence-electron chi connectivity index (χ4n) is 2.65. The Labute approximate surface area is 147 Å². The first kappa shape index (κ1) is 17.8. The summed E-state index contributed by atoms with van der Waals surface area (Å²) in [6.07, 6.45) is 1.14. The highest BCUT2D eigenvalue weighted by Crippen LogP contribution is 2.28. The zero-order valence-electron chi connectivity index (χ0n) is 12.9. The van der Waals surface area contributed by atoms with Crippen molar-refractivity contribution in [3.63, 3.8) is 0 Å². The zero-order valence-corrected chi connectivity index (χ0v) is 14.5. The van der Waals surface area contributed by atoms with E-state index in [1.165, 1.54) is 22.5 Å². The van der Waals surface area contributed by atoms with Gasteiger partial charge in [-0.1, -0.05) is 11.6 Å². The third-order valence-electron chi connectivity index (χ3n) is 3.97. The maximum Gasteiger partial charge on any atom is 0.349 e. The number of hydrogen-bond donors (Lipinski definition) is 2. The van der Waals surface area contributed by atoms with Gasteiger partial charge in [-0.25, -0.2) is 22.9 Å². The second kappa shape index (κ2) is 6.71. The number of hydrogen-bond acceptors (Lipinski definition) is 6. The van der Waals surface area contributed by atoms with Crippen molar-refractivity contribution < 1.29 is 13.5 Å². The lowest BCUT2D eigenvalue weighted by molar-refractivity contribution is 0.113. The van der Waals surface area contributed by atoms with Gasteiger partial charge >= 0.3 is 5.69 Å². The summed E-state index contributed by atoms with van der Waals surface area (Å²) in [6.45, 7) is 0.399. The van der Waals surface area contributed by atoms with Gasteiger partial charge in [-0.05, 0) is 31.0 Å². The summed E-state index contributed by atoms with van der Waals surface area (Å²) >= 11 is 6.12. The van der Waals surface area contributed by atoms with E-state index in [1.807, 2.05) is 0 Å². The third kappa shape index (κ3) is 3.38. The van der Waals surface area contributed by atoms with Gasteiger partial charge in [-0.15, -0.1) is 0 Å². The molecule has 1 aromatic carbocycles. The molecule has 0 saturated carbocycles. The highest BCUT2D eigenvalue weighted by atomic mass is 35.5. The molecule has 1 saturated heterocycles. The van der Waals surface area contributed by atoms with Gasteiger partial charge in [0.25, 0.3) is 5.56 Å². The molecule has 0 unspecified atom stereocenters. The molecule has 1 aromatic heterocycles. The molecule has 0 spiro atoms. The smallest absolute Gasteiger partial charge is 0.349 e. The summed E-state index contributed by atoms with van der Waals surface area (Å²) in [4.78, 5) is 23.4. The average Bonchev–Trinajstić information content (AvgIpc) is 2.55. The van der Waals surface area contributed by atoms with Gasteiger partial charge < -0.3 is 5.11 Å². The van der Waals surface area contributed by atoms with Crippen molar-refractivity contribution in [1.82, 2.24) is 19.1 Å². The molecule has 0 atom stereocenters. The molecule has 2 heterocycles. The number of aromatic nitrogens is 3. The molecule has 2 N–H and O–H groups in total. The maximum atomic E-state index is 12.7. The largest absolute Gasteiger partial charge is 0.393 e. The Hall–Kier alpha value is -2.01. The van der Waals surface area contributed by atoms with E-state index in [0.717, 1.165) is 10.8 Å². The number of piperidine rings is 1. The predicted octanol–water partition coefficient (Wildman–Crippen LogP) is -0.280. The van der Waals surface area contributed by atoms with Crippen LogP contribution < -0.4 is 11.2 Å². The molecule has 9 nitrogen and oxygen atoms in total. The highest BCUT2D eigenvalue weighted by molar-refractivity contribution is 7.89. The Morgan fingerprint density at radius 1 is 1.24 bits per heavy atom. The van der Waals surface area contributed by atoms with E-state index in [2.05, 4.69) is 10.2 Å². The average molecular weight is 387 g/mol. The highest BCUT2D eigenvalue weighted by Gasteiger charge is 2.30. The molecule has 1 fully saturated rings. The van der Waals surface area contributed by atoms with Gasteiger partial charge in [0.05, 0.1) is 16.8 Å². The quantitative estimate of drug-likeness (QED) is 0.747. The number of aliphatic hydroxyl groups is 1. The number of aliphatic hydroxyl groups excluding tert-OH is 1. The summed E-state index contributed by atoms with van der Waals surface area (Å²) < 4.78 is 27.5. The summed E-state index contributed by atoms with van der Waals surface area (Å²) in [5, 5.41) is 14.9. The van der Waals surface area contributed by atoms with Crippen molar-refractivity contribution in [1.29, 1.82) is 0 Å². The Morgan fingerprint density at radius 2 is 1.92 bits per heavy atom. The van der Waals surface area contributed by atoms with Crippen LogP contribution in [-0.4, -0.2) is 51.8 Å². The Kier molecular flexibility index (Phi) is 4.78. The molecule has 0 aliphatic carbocycles. The van der Waals surface area contributed by atoms with Crippen molar-refractivity contribution >= 4 is 21.6 Å². The third-order valence-corrected chi connectivity index (χ3v) is 6.36. The molecular weight excluding hydrogens is 372 g/mol. The molecule has 1 aliphatic heterocycles. The van der Waals surface area contributed by atoms with E-state index in [1.54, 1.807) is 0 Å². The van der Waals surface area contributed by atoms with E-state index in [0.29, 0.717) is 12.8 Å². The first-order chi connectivity index (χ1) is 11.8. The van der Waals surface area contributed by atoms with Crippen LogP contribution in [0.25, 0.3) is 5.69 Å². The molecule has 3 rings (SSSR count). The first-order valence-electron chi connectivity index (χ1n) is 7.45. The van der Waals surface area contributed by atoms with E-state index in [9.17, 15) is 23.1 Å². The summed E-state index contributed by atoms with van der Waals surface area (Å²) in [7, 11) is -3.83. The summed E-state index contributed by atoms with van der Waals surface area (Å²) in [5.41, 5.74) is -1.30. The van der Waals surface area contributed by atoms with Crippen molar-refractivity contribution in [3.8, 4) is 5.69 Å². The zero-order chi connectivity index (χ0) is 18.2. The Bertz CT molecular complexity index is 980. The monoisotopic (exact) mass is 386 g/mol. The van der Waals surface area contributed by atoms with Crippen LogP contribution in [0.15, 0.2) is 38.9 Å². The fourth-order valence-corrected chi connectivity index (χ4v) is 4.64. The lowest BCUT2D eigenvalue weighted by Gasteiger charge is -2.29. The number of H-pyrrole nitrogens is 1. The summed E-state index contributed by atoms with van der Waals surface area (Å²) in [5.74, 6) is 0. The van der Waals surface area contributed by atoms with E-state index >= 15 is 0 Å². The van der Waals surface area contributed by atoms with Crippen LogP contribution in [0.5, 0.6) is 0 Å². The number of aromatic amines is 1. The molecule has 0 bridgehead atoms. The van der Waals surface area contributed by atoms with Crippen molar-refractivity contribution in [2.45, 2.75) is 23.8 Å². The number of nitrogens with zero attached hydrogens (tertiary/aromatic N) is 3. The van der Waals surface area contributed by atoms with Crippen molar-refractivity contribution in [2.24, 2.45) is 0 Å². The number of benzene rings is 1. The SMILES string of the molecule is O=c1cn[nH]c(=O)n1-c1ccc(S(=O)(=O)N2CCC(O)CC2)c(Cl)c1. The molecule has 11 heteroatoms. The lowest BCUT2D eigenvalue weighted by Crippen LogP contribution is -2.40. The van der Waals surface area contributed by atoms with Crippen LogP contribution in [0.3, 0.4) is 0 Å². The van der Waals surface area contributed by atoms with Gasteiger partial charge in [0.15, 0.2) is 0 Å². The van der Waals surface area contributed by atoms with Gasteiger partial charge in [0, 0.05) is 13.1 Å². The minimum atomic E-state index is -3.83. The van der Waals surface area contributed by atoms with Crippen LogP contribution >= 0.6 is 11.6 Å². The molecular formula is C14H15ClN4O5S. The number of halogens is 1. The number of nitrogens with one attached hydrogen (secondary N) is 1. The second-order valence-corrected chi connectivity index (χ2v) is 7.91. The van der Waals surface area contributed by atoms with Crippen LogP contribution in [-0.2, 0) is 10.0 Å². The van der Waals surface area contributed by atoms with Crippen LogP contribution in [0.1, 0.15) is 12.8 Å². The van der Waals surface area contributed by atoms with E-state index in [4.69, 9.17) is 11.6 Å². The van der Waals surface area contributed by atoms with Gasteiger partial charge in [0.1, 0.15) is 11.1 Å². The molecule has 0 radical (unpaired) electrons. The molecule has 0 amide bonds. The predicted molar refractivity (Wildman–Crippen MR) is 89.5 cm³/mol. The van der Waals surface area contributed by atoms with Gasteiger partial charge in [-0.2, -0.15) is 9.40 Å². The molecule has 134 valence electrons. The van der Waals surface area contributed by atoms with Crippen molar-refractivity contribution in [2.75, 3.05) is 13.1 Å². The van der Waals surface area contributed by atoms with Crippen LogP contribution in [0, 0.1) is 0 Å². The molecule has 1 aliphatic rings. The number of sulfonamides is 1. The van der Waals surface area contributed by atoms with E-state index < -0.39 is 27.4 Å².